The summed E-state index contributed by atoms with van der Waals surface area (Å²) in [6.07, 6.45) is 1.96. The summed E-state index contributed by atoms with van der Waals surface area (Å²) in [4.78, 5) is 0. The summed E-state index contributed by atoms with van der Waals surface area (Å²) >= 11 is 4.54. The van der Waals surface area contributed by atoms with Crippen LogP contribution in [0.3, 0.4) is 0 Å². The summed E-state index contributed by atoms with van der Waals surface area (Å²) in [6.45, 7) is 0. The van der Waals surface area contributed by atoms with Crippen molar-refractivity contribution in [3.63, 3.8) is 0 Å². The fraction of sp³-hybridized carbons (Fsp3) is 0.400. The molecule has 0 amide bonds. The zero-order valence-corrected chi connectivity index (χ0v) is 10.1. The second-order valence-corrected chi connectivity index (χ2v) is 5.11. The Morgan fingerprint density at radius 2 is 2.15 bits per heavy atom. The fourth-order valence-electron chi connectivity index (χ4n) is 0.477. The van der Waals surface area contributed by atoms with Gasteiger partial charge in [-0.05, 0) is 6.26 Å². The molecule has 0 fully saturated rings. The van der Waals surface area contributed by atoms with Crippen molar-refractivity contribution in [2.45, 2.75) is 8.68 Å². The summed E-state index contributed by atoms with van der Waals surface area (Å²) in [5, 5.41) is 14.8. The van der Waals surface area contributed by atoms with Gasteiger partial charge >= 0.3 is 0 Å². The van der Waals surface area contributed by atoms with Crippen LogP contribution in [0.1, 0.15) is 0 Å². The van der Waals surface area contributed by atoms with E-state index in [0.717, 1.165) is 8.68 Å². The quantitative estimate of drug-likeness (QED) is 0.487. The van der Waals surface area contributed by atoms with Crippen LogP contribution in [-0.2, 0) is 0 Å². The summed E-state index contributed by atoms with van der Waals surface area (Å²) in [7, 11) is 0. The van der Waals surface area contributed by atoms with E-state index in [1.807, 2.05) is 6.26 Å². The van der Waals surface area contributed by atoms with Crippen molar-refractivity contribution in [3.8, 4) is 0 Å². The molecule has 0 radical (unpaired) electrons. The normalized spacial score (nSPS) is 9.31. The second-order valence-electron chi connectivity index (χ2n) is 1.85. The van der Waals surface area contributed by atoms with Gasteiger partial charge in [-0.15, -0.1) is 22.6 Å². The summed E-state index contributed by atoms with van der Waals surface area (Å²) < 4.78 is 1.82. The van der Waals surface area contributed by atoms with E-state index in [1.165, 1.54) is 23.1 Å². The smallest absolute Gasteiger partial charge is 0.175 e. The van der Waals surface area contributed by atoms with Crippen molar-refractivity contribution in [2.75, 3.05) is 12.0 Å². The Bertz CT molecular complexity index is 276. The van der Waals surface area contributed by atoms with E-state index in [2.05, 4.69) is 10.2 Å². The molecule has 4 nitrogen and oxygen atoms in total. The Morgan fingerprint density at radius 3 is 2.62 bits per heavy atom. The molecule has 0 aromatic carbocycles. The number of nitrogens with one attached hydrogen (secondary N) is 1. The minimum absolute atomic E-state index is 0. The van der Waals surface area contributed by atoms with E-state index in [-0.39, 0.29) is 18.2 Å². The molecule has 13 heavy (non-hydrogen) atoms. The van der Waals surface area contributed by atoms with Crippen molar-refractivity contribution in [2.24, 2.45) is 5.73 Å². The maximum absolute atomic E-state index is 7.00. The minimum Gasteiger partial charge on any atom is -0.387 e. The molecule has 8 heteroatoms. The molecule has 0 saturated heterocycles. The Morgan fingerprint density at radius 1 is 1.54 bits per heavy atom. The molecule has 0 bridgehead atoms. The van der Waals surface area contributed by atoms with Gasteiger partial charge in [0.25, 0.3) is 0 Å². The van der Waals surface area contributed by atoms with Gasteiger partial charge in [0.1, 0.15) is 5.84 Å². The van der Waals surface area contributed by atoms with Crippen molar-refractivity contribution in [1.82, 2.24) is 10.2 Å². The summed E-state index contributed by atoms with van der Waals surface area (Å²) in [5.74, 6) is 0.657. The van der Waals surface area contributed by atoms with Gasteiger partial charge in [0.05, 0.1) is 5.75 Å². The molecule has 0 spiro atoms. The molecule has 0 aliphatic rings. The molecule has 0 atom stereocenters. The molecule has 1 heterocycles. The van der Waals surface area contributed by atoms with Gasteiger partial charge in [-0.1, -0.05) is 34.9 Å². The standard InChI is InChI=1S/C5H8N4S3.ClH/c1-10-4-8-9-5(12-4)11-2-3(6)7;/h2H2,1H3,(H3,6,7);1H. The Kier molecular flexibility index (Phi) is 6.48. The predicted molar refractivity (Wildman–Crippen MR) is 61.6 cm³/mol. The van der Waals surface area contributed by atoms with E-state index in [9.17, 15) is 0 Å². The number of nitrogens with zero attached hydrogens (tertiary/aromatic N) is 2. The lowest BCUT2D eigenvalue weighted by Crippen LogP contribution is -2.11. The van der Waals surface area contributed by atoms with E-state index < -0.39 is 0 Å². The second kappa shape index (κ2) is 6.47. The number of hydrogen-bond acceptors (Lipinski definition) is 6. The van der Waals surface area contributed by atoms with Crippen LogP contribution in [0.25, 0.3) is 0 Å². The average molecular weight is 257 g/mol. The van der Waals surface area contributed by atoms with Gasteiger partial charge in [-0.2, -0.15) is 0 Å². The number of halogens is 1. The van der Waals surface area contributed by atoms with E-state index in [1.54, 1.807) is 11.8 Å². The van der Waals surface area contributed by atoms with Gasteiger partial charge in [0.2, 0.25) is 0 Å². The Balaban J connectivity index is 0.00000144. The first-order valence-corrected chi connectivity index (χ1v) is 6.08. The fourth-order valence-corrected chi connectivity index (χ4v) is 2.67. The lowest BCUT2D eigenvalue weighted by Gasteiger charge is -1.91. The Hall–Kier alpha value is 0.0200. The number of aromatic nitrogens is 2. The van der Waals surface area contributed by atoms with E-state index in [0.29, 0.717) is 5.75 Å². The predicted octanol–water partition coefficient (Wildman–Crippen LogP) is 1.71. The van der Waals surface area contributed by atoms with Crippen molar-refractivity contribution in [3.05, 3.63) is 0 Å². The van der Waals surface area contributed by atoms with Crippen molar-refractivity contribution in [1.29, 1.82) is 5.41 Å². The highest BCUT2D eigenvalue weighted by Crippen LogP contribution is 2.26. The summed E-state index contributed by atoms with van der Waals surface area (Å²) in [6, 6.07) is 0. The third kappa shape index (κ3) is 4.70. The van der Waals surface area contributed by atoms with Crippen LogP contribution >= 0.6 is 47.3 Å². The number of amidine groups is 1. The maximum atomic E-state index is 7.00. The van der Waals surface area contributed by atoms with Crippen LogP contribution in [-0.4, -0.2) is 28.0 Å². The molecular formula is C5H9ClN4S3. The molecular weight excluding hydrogens is 248 g/mol. The monoisotopic (exact) mass is 256 g/mol. The Labute approximate surface area is 95.0 Å². The molecule has 0 unspecified atom stereocenters. The summed E-state index contributed by atoms with van der Waals surface area (Å²) in [5.41, 5.74) is 5.19. The molecule has 1 rings (SSSR count). The lowest BCUT2D eigenvalue weighted by atomic mass is 10.7. The highest BCUT2D eigenvalue weighted by molar-refractivity contribution is 8.03. The van der Waals surface area contributed by atoms with E-state index >= 15 is 0 Å². The van der Waals surface area contributed by atoms with Gasteiger partial charge < -0.3 is 5.73 Å². The van der Waals surface area contributed by atoms with Crippen LogP contribution in [0.4, 0.5) is 0 Å². The number of hydrogen-bond donors (Lipinski definition) is 2. The largest absolute Gasteiger partial charge is 0.387 e. The molecule has 74 valence electrons. The van der Waals surface area contributed by atoms with E-state index in [4.69, 9.17) is 11.1 Å². The first-order valence-electron chi connectivity index (χ1n) is 3.05. The van der Waals surface area contributed by atoms with Crippen LogP contribution in [0.5, 0.6) is 0 Å². The molecule has 0 aliphatic heterocycles. The number of thioether (sulfide) groups is 2. The topological polar surface area (TPSA) is 75.7 Å². The molecule has 3 N–H and O–H groups in total. The van der Waals surface area contributed by atoms with Crippen molar-refractivity contribution >= 4 is 53.1 Å². The third-order valence-corrected chi connectivity index (χ3v) is 3.99. The van der Waals surface area contributed by atoms with Gasteiger partial charge in [0.15, 0.2) is 8.68 Å². The van der Waals surface area contributed by atoms with Gasteiger partial charge in [-0.25, -0.2) is 0 Å². The zero-order chi connectivity index (χ0) is 8.97. The van der Waals surface area contributed by atoms with Gasteiger partial charge in [-0.3, -0.25) is 5.41 Å². The highest BCUT2D eigenvalue weighted by Gasteiger charge is 2.03. The molecule has 1 aromatic rings. The lowest BCUT2D eigenvalue weighted by molar-refractivity contribution is 0.956. The first kappa shape index (κ1) is 13.0. The number of nitrogens with two attached hydrogens (primary N) is 1. The minimum atomic E-state index is 0. The first-order chi connectivity index (χ1) is 5.72. The molecule has 0 aliphatic carbocycles. The zero-order valence-electron chi connectivity index (χ0n) is 6.81. The van der Waals surface area contributed by atoms with Gasteiger partial charge in [0, 0.05) is 0 Å². The molecule has 1 aromatic heterocycles. The maximum Gasteiger partial charge on any atom is 0.175 e. The van der Waals surface area contributed by atoms with Crippen LogP contribution < -0.4 is 5.73 Å². The highest BCUT2D eigenvalue weighted by atomic mass is 35.5. The SMILES string of the molecule is CSc1nnc(SCC(=N)N)s1.Cl. The van der Waals surface area contributed by atoms with Crippen molar-refractivity contribution < 1.29 is 0 Å². The number of rotatable bonds is 4. The van der Waals surface area contributed by atoms with Crippen LogP contribution in [0.15, 0.2) is 8.68 Å². The molecule has 0 saturated carbocycles. The third-order valence-electron chi connectivity index (χ3n) is 0.914. The van der Waals surface area contributed by atoms with Crippen LogP contribution in [0, 0.1) is 5.41 Å². The van der Waals surface area contributed by atoms with Crippen LogP contribution in [0.2, 0.25) is 0 Å². The average Bonchev–Trinajstić information content (AvgIpc) is 2.48.